The van der Waals surface area contributed by atoms with Crippen molar-refractivity contribution in [2.75, 3.05) is 0 Å². The zero-order valence-corrected chi connectivity index (χ0v) is 16.1. The molecule has 2 aromatic rings. The Morgan fingerprint density at radius 1 is 1.04 bits per heavy atom. The van der Waals surface area contributed by atoms with Crippen LogP contribution in [0.25, 0.3) is 0 Å². The van der Waals surface area contributed by atoms with E-state index in [1.807, 2.05) is 39.0 Å². The quantitative estimate of drug-likeness (QED) is 0.668. The van der Waals surface area contributed by atoms with Gasteiger partial charge >= 0.3 is 5.97 Å². The van der Waals surface area contributed by atoms with Crippen molar-refractivity contribution in [1.82, 2.24) is 0 Å². The molecule has 0 aliphatic carbocycles. The Labute approximate surface area is 151 Å². The second-order valence-electron chi connectivity index (χ2n) is 6.74. The molecule has 0 saturated heterocycles. The summed E-state index contributed by atoms with van der Waals surface area (Å²) < 4.78 is 11.5. The number of hydrogen-bond donors (Lipinski definition) is 0. The molecule has 3 nitrogen and oxygen atoms in total. The van der Waals surface area contributed by atoms with Crippen molar-refractivity contribution >= 4 is 5.97 Å². The number of benzene rings is 2. The van der Waals surface area contributed by atoms with Crippen LogP contribution in [0.3, 0.4) is 0 Å². The van der Waals surface area contributed by atoms with E-state index < -0.39 is 0 Å². The minimum absolute atomic E-state index is 0.145. The van der Waals surface area contributed by atoms with Gasteiger partial charge in [0.25, 0.3) is 0 Å². The highest BCUT2D eigenvalue weighted by atomic mass is 16.5. The van der Waals surface area contributed by atoms with E-state index in [1.54, 1.807) is 0 Å². The maximum Gasteiger partial charge on any atom is 0.338 e. The lowest BCUT2D eigenvalue weighted by Gasteiger charge is -2.17. The molecule has 0 N–H and O–H groups in total. The maximum absolute atomic E-state index is 12.4. The molecule has 3 heteroatoms. The third-order valence-electron chi connectivity index (χ3n) is 4.38. The topological polar surface area (TPSA) is 35.5 Å². The summed E-state index contributed by atoms with van der Waals surface area (Å²) in [6.07, 6.45) is 0.696. The minimum atomic E-state index is -0.291. The van der Waals surface area contributed by atoms with E-state index in [4.69, 9.17) is 9.47 Å². The fourth-order valence-electron chi connectivity index (χ4n) is 2.84. The molecule has 0 heterocycles. The fraction of sp³-hybridized carbons (Fsp3) is 0.409. The number of carbonyl (C=O) groups excluding carboxylic acids is 1. The molecule has 2 rings (SSSR count). The first-order valence-electron chi connectivity index (χ1n) is 8.85. The molecule has 0 fully saturated rings. The molecule has 0 unspecified atom stereocenters. The van der Waals surface area contributed by atoms with Gasteiger partial charge in [-0.3, -0.25) is 0 Å². The molecule has 25 heavy (non-hydrogen) atoms. The lowest BCUT2D eigenvalue weighted by molar-refractivity contribution is 0.0375. The van der Waals surface area contributed by atoms with Gasteiger partial charge in [-0.15, -0.1) is 0 Å². The lowest BCUT2D eigenvalue weighted by Crippen LogP contribution is -2.16. The number of hydrogen-bond acceptors (Lipinski definition) is 3. The van der Waals surface area contributed by atoms with Crippen LogP contribution in [0.2, 0.25) is 0 Å². The van der Waals surface area contributed by atoms with E-state index in [0.717, 1.165) is 28.9 Å². The number of aryl methyl sites for hydroxylation is 4. The third kappa shape index (κ3) is 4.62. The van der Waals surface area contributed by atoms with Crippen molar-refractivity contribution in [3.8, 4) is 5.75 Å². The van der Waals surface area contributed by atoms with E-state index in [2.05, 4.69) is 32.9 Å². The summed E-state index contributed by atoms with van der Waals surface area (Å²) in [6.45, 7) is 12.4. The lowest BCUT2D eigenvalue weighted by atomic mass is 9.99. The molecule has 134 valence electrons. The molecule has 0 aliphatic heterocycles. The highest BCUT2D eigenvalue weighted by molar-refractivity contribution is 5.91. The van der Waals surface area contributed by atoms with Crippen LogP contribution in [0, 0.1) is 20.8 Å². The predicted octanol–water partition coefficient (Wildman–Crippen LogP) is 5.32. The molecule has 0 radical (unpaired) electrons. The predicted molar refractivity (Wildman–Crippen MR) is 101 cm³/mol. The molecule has 0 atom stereocenters. The van der Waals surface area contributed by atoms with Crippen LogP contribution in [0.5, 0.6) is 5.75 Å². The molecule has 0 aromatic heterocycles. The van der Waals surface area contributed by atoms with Crippen molar-refractivity contribution in [1.29, 1.82) is 0 Å². The largest absolute Gasteiger partial charge is 0.489 e. The SMILES string of the molecule is CCc1cccc(C(=O)OC(C)C)c1COc1cc(C)c(C)cc1C. The standard InChI is InChI=1S/C22H28O3/c1-7-18-9-8-10-19(22(23)25-14(2)3)20(18)13-24-21-12-16(5)15(4)11-17(21)6/h8-12,14H,7,13H2,1-6H3. The second-order valence-corrected chi connectivity index (χ2v) is 6.74. The van der Waals surface area contributed by atoms with E-state index in [0.29, 0.717) is 12.2 Å². The Balaban J connectivity index is 2.32. The van der Waals surface area contributed by atoms with E-state index in [9.17, 15) is 4.79 Å². The Hall–Kier alpha value is -2.29. The summed E-state index contributed by atoms with van der Waals surface area (Å²) in [5.74, 6) is 0.567. The molecular formula is C22H28O3. The van der Waals surface area contributed by atoms with Crippen molar-refractivity contribution < 1.29 is 14.3 Å². The highest BCUT2D eigenvalue weighted by Crippen LogP contribution is 2.25. The first-order valence-corrected chi connectivity index (χ1v) is 8.85. The maximum atomic E-state index is 12.4. The van der Waals surface area contributed by atoms with Crippen molar-refractivity contribution in [3.05, 3.63) is 63.7 Å². The molecule has 0 spiro atoms. The Kier molecular flexibility index (Phi) is 6.24. The van der Waals surface area contributed by atoms with Crippen molar-refractivity contribution in [2.24, 2.45) is 0 Å². The van der Waals surface area contributed by atoms with Gasteiger partial charge in [0, 0.05) is 5.56 Å². The van der Waals surface area contributed by atoms with Crippen LogP contribution in [-0.2, 0) is 17.8 Å². The number of rotatable bonds is 6. The molecule has 0 aliphatic rings. The van der Waals surface area contributed by atoms with Crippen molar-refractivity contribution in [2.45, 2.75) is 60.7 Å². The molecule has 0 bridgehead atoms. The first kappa shape index (κ1) is 19.0. The smallest absolute Gasteiger partial charge is 0.338 e. The van der Waals surface area contributed by atoms with Crippen LogP contribution >= 0.6 is 0 Å². The summed E-state index contributed by atoms with van der Waals surface area (Å²) in [4.78, 5) is 12.4. The minimum Gasteiger partial charge on any atom is -0.489 e. The Bertz CT molecular complexity index is 760. The monoisotopic (exact) mass is 340 g/mol. The average Bonchev–Trinajstić information content (AvgIpc) is 2.56. The van der Waals surface area contributed by atoms with E-state index in [1.165, 1.54) is 11.1 Å². The van der Waals surface area contributed by atoms with Gasteiger partial charge in [0.15, 0.2) is 0 Å². The molecule has 0 saturated carbocycles. The van der Waals surface area contributed by atoms with Gasteiger partial charge in [0.05, 0.1) is 11.7 Å². The van der Waals surface area contributed by atoms with E-state index in [-0.39, 0.29) is 12.1 Å². The zero-order chi connectivity index (χ0) is 18.6. The number of esters is 1. The van der Waals surface area contributed by atoms with Crippen LogP contribution in [-0.4, -0.2) is 12.1 Å². The van der Waals surface area contributed by atoms with Gasteiger partial charge in [0.1, 0.15) is 12.4 Å². The Morgan fingerprint density at radius 2 is 1.72 bits per heavy atom. The summed E-state index contributed by atoms with van der Waals surface area (Å²) in [5.41, 5.74) is 6.16. The summed E-state index contributed by atoms with van der Waals surface area (Å²) in [7, 11) is 0. The van der Waals surface area contributed by atoms with Crippen LogP contribution in [0.4, 0.5) is 0 Å². The van der Waals surface area contributed by atoms with Gasteiger partial charge in [-0.2, -0.15) is 0 Å². The molecule has 0 amide bonds. The first-order chi connectivity index (χ1) is 11.8. The van der Waals surface area contributed by atoms with Crippen LogP contribution < -0.4 is 4.74 Å². The molecule has 2 aromatic carbocycles. The van der Waals surface area contributed by atoms with Crippen molar-refractivity contribution in [3.63, 3.8) is 0 Å². The van der Waals surface area contributed by atoms with Gasteiger partial charge in [0.2, 0.25) is 0 Å². The van der Waals surface area contributed by atoms with Crippen LogP contribution in [0.1, 0.15) is 58.9 Å². The summed E-state index contributed by atoms with van der Waals surface area (Å²) >= 11 is 0. The summed E-state index contributed by atoms with van der Waals surface area (Å²) in [5, 5.41) is 0. The normalized spacial score (nSPS) is 10.8. The van der Waals surface area contributed by atoms with Gasteiger partial charge in [-0.25, -0.2) is 4.79 Å². The highest BCUT2D eigenvalue weighted by Gasteiger charge is 2.17. The fourth-order valence-corrected chi connectivity index (χ4v) is 2.84. The van der Waals surface area contributed by atoms with Gasteiger partial charge < -0.3 is 9.47 Å². The zero-order valence-electron chi connectivity index (χ0n) is 16.1. The summed E-state index contributed by atoms with van der Waals surface area (Å²) in [6, 6.07) is 9.95. The third-order valence-corrected chi connectivity index (χ3v) is 4.38. The van der Waals surface area contributed by atoms with Gasteiger partial charge in [-0.05, 0) is 75.4 Å². The van der Waals surface area contributed by atoms with Crippen LogP contribution in [0.15, 0.2) is 30.3 Å². The van der Waals surface area contributed by atoms with Gasteiger partial charge in [-0.1, -0.05) is 25.1 Å². The second kappa shape index (κ2) is 8.19. The number of carbonyl (C=O) groups is 1. The average molecular weight is 340 g/mol. The number of ether oxygens (including phenoxy) is 2. The molecular weight excluding hydrogens is 312 g/mol. The van der Waals surface area contributed by atoms with E-state index >= 15 is 0 Å². The Morgan fingerprint density at radius 3 is 2.36 bits per heavy atom.